The molecule has 1 amide bonds. The average molecular weight is 267 g/mol. The first-order valence-electron chi connectivity index (χ1n) is 6.71. The highest BCUT2D eigenvalue weighted by Crippen LogP contribution is 2.23. The van der Waals surface area contributed by atoms with Crippen molar-refractivity contribution in [3.8, 4) is 0 Å². The molecule has 0 atom stereocenters. The summed E-state index contributed by atoms with van der Waals surface area (Å²) in [5.74, 6) is 0.405. The lowest BCUT2D eigenvalue weighted by atomic mass is 9.87. The number of aliphatic hydroxyl groups is 1. The van der Waals surface area contributed by atoms with E-state index in [9.17, 15) is 9.90 Å². The van der Waals surface area contributed by atoms with Gasteiger partial charge in [-0.1, -0.05) is 5.21 Å². The predicted molar refractivity (Wildman–Crippen MR) is 68.9 cm³/mol. The summed E-state index contributed by atoms with van der Waals surface area (Å²) >= 11 is 0. The summed E-state index contributed by atoms with van der Waals surface area (Å²) < 4.78 is 1.49. The van der Waals surface area contributed by atoms with Crippen molar-refractivity contribution in [1.82, 2.24) is 20.3 Å². The highest BCUT2D eigenvalue weighted by Gasteiger charge is 2.19. The van der Waals surface area contributed by atoms with E-state index in [0.29, 0.717) is 24.7 Å². The van der Waals surface area contributed by atoms with Gasteiger partial charge in [-0.15, -0.1) is 5.10 Å². The van der Waals surface area contributed by atoms with Crippen molar-refractivity contribution in [2.45, 2.75) is 44.9 Å². The second-order valence-electron chi connectivity index (χ2n) is 5.09. The van der Waals surface area contributed by atoms with Crippen molar-refractivity contribution in [1.29, 1.82) is 0 Å². The van der Waals surface area contributed by atoms with E-state index in [-0.39, 0.29) is 18.6 Å². The molecule has 0 aliphatic heterocycles. The molecule has 4 N–H and O–H groups in total. The minimum Gasteiger partial charge on any atom is -0.393 e. The van der Waals surface area contributed by atoms with Gasteiger partial charge in [0.05, 0.1) is 18.0 Å². The molecule has 1 aromatic rings. The van der Waals surface area contributed by atoms with E-state index in [0.717, 1.165) is 25.7 Å². The smallest absolute Gasteiger partial charge is 0.241 e. The van der Waals surface area contributed by atoms with Crippen molar-refractivity contribution in [2.24, 2.45) is 11.7 Å². The molecule has 0 saturated heterocycles. The van der Waals surface area contributed by atoms with Crippen molar-refractivity contribution in [3.63, 3.8) is 0 Å². The minimum absolute atomic E-state index is 0.0698. The Morgan fingerprint density at radius 1 is 1.47 bits per heavy atom. The van der Waals surface area contributed by atoms with E-state index in [1.165, 1.54) is 4.68 Å². The second kappa shape index (κ2) is 6.63. The molecule has 7 nitrogen and oxygen atoms in total. The highest BCUT2D eigenvalue weighted by atomic mass is 16.3. The van der Waals surface area contributed by atoms with Gasteiger partial charge in [0.1, 0.15) is 6.54 Å². The molecule has 0 spiro atoms. The third-order valence-corrected chi connectivity index (χ3v) is 3.51. The summed E-state index contributed by atoms with van der Waals surface area (Å²) in [6, 6.07) is 0. The Morgan fingerprint density at radius 2 is 2.21 bits per heavy atom. The number of amides is 1. The molecule has 7 heteroatoms. The second-order valence-corrected chi connectivity index (χ2v) is 5.09. The van der Waals surface area contributed by atoms with Crippen molar-refractivity contribution < 1.29 is 9.90 Å². The van der Waals surface area contributed by atoms with Crippen LogP contribution in [0.3, 0.4) is 0 Å². The van der Waals surface area contributed by atoms with Gasteiger partial charge in [0, 0.05) is 13.1 Å². The van der Waals surface area contributed by atoms with Crippen molar-refractivity contribution >= 4 is 5.91 Å². The SMILES string of the molecule is NCc1cn(CC(=O)NCC2CCC(O)CC2)nn1. The number of carbonyl (C=O) groups is 1. The molecule has 1 aromatic heterocycles. The van der Waals surface area contributed by atoms with Crippen LogP contribution in [0.15, 0.2) is 6.20 Å². The van der Waals surface area contributed by atoms with Crippen LogP contribution >= 0.6 is 0 Å². The van der Waals surface area contributed by atoms with E-state index in [1.807, 2.05) is 0 Å². The Balaban J connectivity index is 1.69. The van der Waals surface area contributed by atoms with E-state index < -0.39 is 0 Å². The van der Waals surface area contributed by atoms with Crippen LogP contribution in [-0.4, -0.2) is 38.7 Å². The Hall–Kier alpha value is -1.47. The van der Waals surface area contributed by atoms with E-state index in [2.05, 4.69) is 15.6 Å². The van der Waals surface area contributed by atoms with Gasteiger partial charge in [-0.25, -0.2) is 4.68 Å². The number of nitrogens with zero attached hydrogens (tertiary/aromatic N) is 3. The number of hydrogen-bond donors (Lipinski definition) is 3. The van der Waals surface area contributed by atoms with Gasteiger partial charge in [0.15, 0.2) is 0 Å². The van der Waals surface area contributed by atoms with Crippen LogP contribution in [0.4, 0.5) is 0 Å². The maximum absolute atomic E-state index is 11.7. The lowest BCUT2D eigenvalue weighted by molar-refractivity contribution is -0.122. The molecular formula is C12H21N5O2. The summed E-state index contributed by atoms with van der Waals surface area (Å²) in [5.41, 5.74) is 6.10. The normalized spacial score (nSPS) is 23.3. The first-order chi connectivity index (χ1) is 9.17. The standard InChI is InChI=1S/C12H21N5O2/c13-5-10-7-17(16-15-10)8-12(19)14-6-9-1-3-11(18)4-2-9/h7,9,11,18H,1-6,8,13H2,(H,14,19). The lowest BCUT2D eigenvalue weighted by Gasteiger charge is -2.25. The Morgan fingerprint density at radius 3 is 2.84 bits per heavy atom. The summed E-state index contributed by atoms with van der Waals surface area (Å²) in [4.78, 5) is 11.7. The van der Waals surface area contributed by atoms with Gasteiger partial charge in [-0.2, -0.15) is 0 Å². The topological polar surface area (TPSA) is 106 Å². The molecule has 2 rings (SSSR count). The monoisotopic (exact) mass is 267 g/mol. The van der Waals surface area contributed by atoms with E-state index in [4.69, 9.17) is 5.73 Å². The van der Waals surface area contributed by atoms with Crippen LogP contribution < -0.4 is 11.1 Å². The Kier molecular flexibility index (Phi) is 4.86. The number of aliphatic hydroxyl groups excluding tert-OH is 1. The molecule has 19 heavy (non-hydrogen) atoms. The molecule has 106 valence electrons. The highest BCUT2D eigenvalue weighted by molar-refractivity contribution is 5.75. The van der Waals surface area contributed by atoms with Gasteiger partial charge >= 0.3 is 0 Å². The van der Waals surface area contributed by atoms with Crippen LogP contribution in [0, 0.1) is 5.92 Å². The van der Waals surface area contributed by atoms with E-state index >= 15 is 0 Å². The largest absolute Gasteiger partial charge is 0.393 e. The molecule has 1 fully saturated rings. The average Bonchev–Trinajstić information content (AvgIpc) is 2.86. The lowest BCUT2D eigenvalue weighted by Crippen LogP contribution is -2.34. The first kappa shape index (κ1) is 14.0. The van der Waals surface area contributed by atoms with Crippen LogP contribution in [0.5, 0.6) is 0 Å². The van der Waals surface area contributed by atoms with Crippen LogP contribution in [-0.2, 0) is 17.9 Å². The summed E-state index contributed by atoms with van der Waals surface area (Å²) in [7, 11) is 0. The number of aromatic nitrogens is 3. The Bertz CT molecular complexity index is 412. The predicted octanol–water partition coefficient (Wildman–Crippen LogP) is -0.596. The van der Waals surface area contributed by atoms with Gasteiger partial charge in [-0.3, -0.25) is 4.79 Å². The van der Waals surface area contributed by atoms with Crippen LogP contribution in [0.2, 0.25) is 0 Å². The minimum atomic E-state index is -0.156. The maximum atomic E-state index is 11.7. The summed E-state index contributed by atoms with van der Waals surface area (Å²) in [6.45, 7) is 1.17. The maximum Gasteiger partial charge on any atom is 0.241 e. The fraction of sp³-hybridized carbons (Fsp3) is 0.750. The number of nitrogens with two attached hydrogens (primary N) is 1. The number of nitrogens with one attached hydrogen (secondary N) is 1. The van der Waals surface area contributed by atoms with Crippen molar-refractivity contribution in [2.75, 3.05) is 6.54 Å². The molecule has 0 bridgehead atoms. The molecule has 0 aromatic carbocycles. The fourth-order valence-electron chi connectivity index (χ4n) is 2.32. The van der Waals surface area contributed by atoms with E-state index in [1.54, 1.807) is 6.20 Å². The molecule has 1 aliphatic rings. The quantitative estimate of drug-likeness (QED) is 0.661. The molecule has 1 saturated carbocycles. The third kappa shape index (κ3) is 4.29. The molecule has 1 aliphatic carbocycles. The van der Waals surface area contributed by atoms with Gasteiger partial charge in [-0.05, 0) is 31.6 Å². The number of hydrogen-bond acceptors (Lipinski definition) is 5. The number of rotatable bonds is 5. The molecular weight excluding hydrogens is 246 g/mol. The molecule has 1 heterocycles. The first-order valence-corrected chi connectivity index (χ1v) is 6.71. The van der Waals surface area contributed by atoms with Crippen LogP contribution in [0.25, 0.3) is 0 Å². The van der Waals surface area contributed by atoms with Crippen molar-refractivity contribution in [3.05, 3.63) is 11.9 Å². The zero-order chi connectivity index (χ0) is 13.7. The zero-order valence-electron chi connectivity index (χ0n) is 11.0. The summed E-state index contributed by atoms with van der Waals surface area (Å²) in [6.07, 6.45) is 5.14. The summed E-state index contributed by atoms with van der Waals surface area (Å²) in [5, 5.41) is 20.0. The van der Waals surface area contributed by atoms with Crippen LogP contribution in [0.1, 0.15) is 31.4 Å². The zero-order valence-corrected chi connectivity index (χ0v) is 11.0. The molecule has 0 unspecified atom stereocenters. The van der Waals surface area contributed by atoms with Gasteiger partial charge < -0.3 is 16.2 Å². The van der Waals surface area contributed by atoms with Gasteiger partial charge in [0.25, 0.3) is 0 Å². The molecule has 0 radical (unpaired) electrons. The number of carbonyl (C=O) groups excluding carboxylic acids is 1. The third-order valence-electron chi connectivity index (χ3n) is 3.51. The van der Waals surface area contributed by atoms with Gasteiger partial charge in [0.2, 0.25) is 5.91 Å². The Labute approximate surface area is 112 Å². The fourth-order valence-corrected chi connectivity index (χ4v) is 2.32.